The highest BCUT2D eigenvalue weighted by molar-refractivity contribution is 5.87. The van der Waals surface area contributed by atoms with E-state index in [-0.39, 0.29) is 24.7 Å². The molecular formula is C9H12F3NO. The van der Waals surface area contributed by atoms with E-state index in [1.54, 1.807) is 7.05 Å². The Morgan fingerprint density at radius 1 is 1.36 bits per heavy atom. The number of fused-ring (bicyclic) bond motifs is 2. The van der Waals surface area contributed by atoms with E-state index in [1.165, 1.54) is 0 Å². The molecule has 0 aromatic carbocycles. The van der Waals surface area contributed by atoms with Gasteiger partial charge in [0.25, 0.3) is 0 Å². The van der Waals surface area contributed by atoms with E-state index in [0.717, 1.165) is 0 Å². The van der Waals surface area contributed by atoms with E-state index in [4.69, 9.17) is 0 Å². The van der Waals surface area contributed by atoms with Crippen molar-refractivity contribution in [2.45, 2.75) is 12.6 Å². The lowest BCUT2D eigenvalue weighted by atomic mass is 9.93. The highest BCUT2D eigenvalue weighted by Crippen LogP contribution is 2.46. The van der Waals surface area contributed by atoms with Gasteiger partial charge < -0.3 is 4.90 Å². The highest BCUT2D eigenvalue weighted by atomic mass is 19.4. The van der Waals surface area contributed by atoms with Gasteiger partial charge in [0.2, 0.25) is 0 Å². The molecule has 2 bridgehead atoms. The number of carbonyl (C=O) groups excluding carboxylic acids is 1. The summed E-state index contributed by atoms with van der Waals surface area (Å²) in [5, 5.41) is 0. The number of likely N-dealkylation sites (tertiary alicyclic amines) is 1. The highest BCUT2D eigenvalue weighted by Gasteiger charge is 2.56. The van der Waals surface area contributed by atoms with Crippen molar-refractivity contribution >= 4 is 5.78 Å². The molecule has 0 radical (unpaired) electrons. The van der Waals surface area contributed by atoms with Crippen molar-refractivity contribution in [3.05, 3.63) is 0 Å². The molecule has 1 aliphatic heterocycles. The number of carbonyl (C=O) groups is 1. The number of halogens is 3. The molecule has 80 valence electrons. The standard InChI is InChI=1S/C9H12F3NO/c1-13-3-5-2-7(9(10,11)12)6(4-13)8(5)14/h5-7H,2-4H2,1H3. The van der Waals surface area contributed by atoms with Crippen LogP contribution in [-0.4, -0.2) is 37.0 Å². The summed E-state index contributed by atoms with van der Waals surface area (Å²) in [4.78, 5) is 13.3. The van der Waals surface area contributed by atoms with Crippen molar-refractivity contribution in [3.8, 4) is 0 Å². The number of nitrogens with zero attached hydrogens (tertiary/aromatic N) is 1. The minimum atomic E-state index is -4.21. The van der Waals surface area contributed by atoms with Gasteiger partial charge in [0.1, 0.15) is 5.78 Å². The third-order valence-corrected chi connectivity index (χ3v) is 3.25. The Morgan fingerprint density at radius 2 is 2.00 bits per heavy atom. The van der Waals surface area contributed by atoms with Crippen LogP contribution in [0.15, 0.2) is 0 Å². The maximum absolute atomic E-state index is 12.5. The summed E-state index contributed by atoms with van der Waals surface area (Å²) in [6.45, 7) is 0.751. The van der Waals surface area contributed by atoms with Crippen LogP contribution in [0.3, 0.4) is 0 Å². The maximum Gasteiger partial charge on any atom is 0.392 e. The predicted octanol–water partition coefficient (Wildman–Crippen LogP) is 1.32. The molecule has 0 amide bonds. The zero-order valence-corrected chi connectivity index (χ0v) is 7.84. The summed E-state index contributed by atoms with van der Waals surface area (Å²) in [5.74, 6) is -2.76. The van der Waals surface area contributed by atoms with E-state index in [9.17, 15) is 18.0 Å². The monoisotopic (exact) mass is 207 g/mol. The molecular weight excluding hydrogens is 195 g/mol. The first-order chi connectivity index (χ1) is 6.39. The van der Waals surface area contributed by atoms with Gasteiger partial charge >= 0.3 is 6.18 Å². The van der Waals surface area contributed by atoms with Gasteiger partial charge in [-0.3, -0.25) is 4.79 Å². The molecule has 2 rings (SSSR count). The lowest BCUT2D eigenvalue weighted by Crippen LogP contribution is -2.42. The van der Waals surface area contributed by atoms with Crippen molar-refractivity contribution in [2.24, 2.45) is 17.8 Å². The predicted molar refractivity (Wildman–Crippen MR) is 43.6 cm³/mol. The van der Waals surface area contributed by atoms with Gasteiger partial charge in [-0.25, -0.2) is 0 Å². The van der Waals surface area contributed by atoms with Crippen LogP contribution < -0.4 is 0 Å². The molecule has 1 aliphatic carbocycles. The average molecular weight is 207 g/mol. The zero-order chi connectivity index (χ0) is 10.5. The molecule has 0 aromatic heterocycles. The molecule has 3 unspecified atom stereocenters. The third kappa shape index (κ3) is 1.43. The topological polar surface area (TPSA) is 20.3 Å². The Kier molecular flexibility index (Phi) is 2.10. The van der Waals surface area contributed by atoms with E-state index in [1.807, 2.05) is 4.90 Å². The van der Waals surface area contributed by atoms with E-state index >= 15 is 0 Å². The second-order valence-corrected chi connectivity index (χ2v) is 4.31. The fraction of sp³-hybridized carbons (Fsp3) is 0.889. The van der Waals surface area contributed by atoms with Gasteiger partial charge in [-0.2, -0.15) is 13.2 Å². The summed E-state index contributed by atoms with van der Waals surface area (Å²) >= 11 is 0. The number of hydrogen-bond acceptors (Lipinski definition) is 2. The molecule has 1 saturated heterocycles. The molecule has 3 atom stereocenters. The number of piperidine rings is 1. The van der Waals surface area contributed by atoms with Crippen LogP contribution in [0, 0.1) is 17.8 Å². The largest absolute Gasteiger partial charge is 0.392 e. The summed E-state index contributed by atoms with van der Waals surface area (Å²) in [6.07, 6.45) is -4.21. The molecule has 2 fully saturated rings. The average Bonchev–Trinajstić information content (AvgIpc) is 2.29. The van der Waals surface area contributed by atoms with Crippen LogP contribution in [0.1, 0.15) is 6.42 Å². The van der Waals surface area contributed by atoms with Crippen LogP contribution in [0.4, 0.5) is 13.2 Å². The van der Waals surface area contributed by atoms with E-state index in [0.29, 0.717) is 6.54 Å². The number of ketones is 1. The lowest BCUT2D eigenvalue weighted by molar-refractivity contribution is -0.184. The smallest absolute Gasteiger partial charge is 0.305 e. The van der Waals surface area contributed by atoms with E-state index < -0.39 is 18.0 Å². The molecule has 1 heterocycles. The normalized spacial score (nSPS) is 39.1. The van der Waals surface area contributed by atoms with Crippen LogP contribution >= 0.6 is 0 Å². The zero-order valence-electron chi connectivity index (χ0n) is 7.84. The quantitative estimate of drug-likeness (QED) is 0.597. The third-order valence-electron chi connectivity index (χ3n) is 3.25. The van der Waals surface area contributed by atoms with Gasteiger partial charge in [-0.15, -0.1) is 0 Å². The lowest BCUT2D eigenvalue weighted by Gasteiger charge is -2.28. The fourth-order valence-corrected chi connectivity index (χ4v) is 2.62. The number of rotatable bonds is 0. The molecule has 14 heavy (non-hydrogen) atoms. The fourth-order valence-electron chi connectivity index (χ4n) is 2.62. The minimum Gasteiger partial charge on any atom is -0.305 e. The van der Waals surface area contributed by atoms with Crippen LogP contribution in [0.25, 0.3) is 0 Å². The van der Waals surface area contributed by atoms with Crippen LogP contribution in [0.2, 0.25) is 0 Å². The Labute approximate surface area is 80.1 Å². The summed E-state index contributed by atoms with van der Waals surface area (Å²) in [7, 11) is 1.77. The van der Waals surface area contributed by atoms with Gasteiger partial charge in [0, 0.05) is 24.9 Å². The van der Waals surface area contributed by atoms with Crippen molar-refractivity contribution in [1.82, 2.24) is 4.90 Å². The van der Waals surface area contributed by atoms with E-state index in [2.05, 4.69) is 0 Å². The number of Topliss-reactive ketones (excluding diaryl/α,β-unsaturated/α-hetero) is 1. The Morgan fingerprint density at radius 3 is 2.57 bits per heavy atom. The first-order valence-corrected chi connectivity index (χ1v) is 4.68. The van der Waals surface area contributed by atoms with Gasteiger partial charge in [-0.05, 0) is 13.5 Å². The molecule has 0 aromatic rings. The first kappa shape index (κ1) is 9.96. The molecule has 1 saturated carbocycles. The van der Waals surface area contributed by atoms with Gasteiger partial charge in [0.15, 0.2) is 0 Å². The second kappa shape index (κ2) is 2.95. The molecule has 0 spiro atoms. The van der Waals surface area contributed by atoms with Crippen molar-refractivity contribution < 1.29 is 18.0 Å². The summed E-state index contributed by atoms with van der Waals surface area (Å²) in [6, 6.07) is 0. The van der Waals surface area contributed by atoms with Crippen LogP contribution in [-0.2, 0) is 4.79 Å². The molecule has 2 aliphatic rings. The summed E-state index contributed by atoms with van der Waals surface area (Å²) < 4.78 is 37.6. The number of alkyl halides is 3. The maximum atomic E-state index is 12.5. The Bertz CT molecular complexity index is 263. The molecule has 2 nitrogen and oxygen atoms in total. The minimum absolute atomic E-state index is 0.00264. The second-order valence-electron chi connectivity index (χ2n) is 4.31. The van der Waals surface area contributed by atoms with Crippen molar-refractivity contribution in [2.75, 3.05) is 20.1 Å². The molecule has 0 N–H and O–H groups in total. The SMILES string of the molecule is CN1CC2CC(C(F)(F)F)C(C1)C2=O. The first-order valence-electron chi connectivity index (χ1n) is 4.68. The van der Waals surface area contributed by atoms with Crippen molar-refractivity contribution in [1.29, 1.82) is 0 Å². The molecule has 5 heteroatoms. The Hall–Kier alpha value is -0.580. The van der Waals surface area contributed by atoms with Crippen molar-refractivity contribution in [3.63, 3.8) is 0 Å². The van der Waals surface area contributed by atoms with Crippen LogP contribution in [0.5, 0.6) is 0 Å². The van der Waals surface area contributed by atoms with Gasteiger partial charge in [0.05, 0.1) is 5.92 Å². The number of hydrogen-bond donors (Lipinski definition) is 0. The van der Waals surface area contributed by atoms with Gasteiger partial charge in [-0.1, -0.05) is 0 Å². The summed E-state index contributed by atoms with van der Waals surface area (Å²) in [5.41, 5.74) is 0. The Balaban J connectivity index is 2.22.